The van der Waals surface area contributed by atoms with E-state index < -0.39 is 6.04 Å². The van der Waals surface area contributed by atoms with Gasteiger partial charge in [0.05, 0.1) is 13.2 Å². The highest BCUT2D eigenvalue weighted by Gasteiger charge is 2.12. The van der Waals surface area contributed by atoms with Crippen molar-refractivity contribution in [3.05, 3.63) is 24.3 Å². The molecule has 0 fully saturated rings. The van der Waals surface area contributed by atoms with Gasteiger partial charge in [-0.15, -0.1) is 0 Å². The van der Waals surface area contributed by atoms with E-state index in [1.807, 2.05) is 0 Å². The maximum absolute atomic E-state index is 11.8. The van der Waals surface area contributed by atoms with E-state index in [1.54, 1.807) is 38.5 Å². The van der Waals surface area contributed by atoms with Crippen molar-refractivity contribution in [2.75, 3.05) is 26.1 Å². The van der Waals surface area contributed by atoms with Crippen LogP contribution in [0.15, 0.2) is 24.3 Å². The fraction of sp³-hybridized carbons (Fsp3) is 0.462. The van der Waals surface area contributed by atoms with Gasteiger partial charge in [0.1, 0.15) is 5.75 Å². The quantitative estimate of drug-likeness (QED) is 0.719. The van der Waals surface area contributed by atoms with Crippen LogP contribution in [0.25, 0.3) is 0 Å². The van der Waals surface area contributed by atoms with Gasteiger partial charge in [-0.2, -0.15) is 0 Å². The van der Waals surface area contributed by atoms with Crippen LogP contribution >= 0.6 is 0 Å². The number of hydrogen-bond acceptors (Lipinski definition) is 4. The Bertz CT molecular complexity index is 365. The molecule has 0 aromatic heterocycles. The molecule has 100 valence electrons. The van der Waals surface area contributed by atoms with Gasteiger partial charge in [-0.3, -0.25) is 4.79 Å². The van der Waals surface area contributed by atoms with E-state index in [0.717, 1.165) is 12.2 Å². The van der Waals surface area contributed by atoms with Crippen LogP contribution in [0.3, 0.4) is 0 Å². The zero-order valence-corrected chi connectivity index (χ0v) is 10.8. The number of anilines is 1. The molecule has 5 heteroatoms. The fourth-order valence-corrected chi connectivity index (χ4v) is 1.49. The van der Waals surface area contributed by atoms with Crippen LogP contribution in [0.4, 0.5) is 5.69 Å². The van der Waals surface area contributed by atoms with Crippen LogP contribution in [-0.2, 0) is 9.53 Å². The first-order valence-electron chi connectivity index (χ1n) is 5.87. The van der Waals surface area contributed by atoms with Crippen molar-refractivity contribution in [2.45, 2.75) is 18.9 Å². The number of amides is 1. The number of carbonyl (C=O) groups is 1. The molecule has 0 spiro atoms. The van der Waals surface area contributed by atoms with E-state index in [4.69, 9.17) is 15.2 Å². The molecule has 1 unspecified atom stereocenters. The zero-order valence-electron chi connectivity index (χ0n) is 10.8. The highest BCUT2D eigenvalue weighted by molar-refractivity contribution is 5.94. The molecule has 0 heterocycles. The molecule has 0 aliphatic heterocycles. The van der Waals surface area contributed by atoms with Crippen molar-refractivity contribution in [1.29, 1.82) is 0 Å². The Morgan fingerprint density at radius 3 is 2.56 bits per heavy atom. The molecule has 0 saturated heterocycles. The standard InChI is InChI=1S/C13H20N2O3/c1-17-9-3-4-12(14)13(16)15-10-5-7-11(18-2)8-6-10/h5-8,12H,3-4,9,14H2,1-2H3,(H,15,16). The van der Waals surface area contributed by atoms with E-state index >= 15 is 0 Å². The van der Waals surface area contributed by atoms with Crippen LogP contribution in [-0.4, -0.2) is 32.8 Å². The summed E-state index contributed by atoms with van der Waals surface area (Å²) in [6.45, 7) is 0.615. The average molecular weight is 252 g/mol. The lowest BCUT2D eigenvalue weighted by molar-refractivity contribution is -0.117. The van der Waals surface area contributed by atoms with Crippen LogP contribution < -0.4 is 15.8 Å². The Hall–Kier alpha value is -1.59. The minimum atomic E-state index is -0.512. The van der Waals surface area contributed by atoms with Crippen molar-refractivity contribution in [2.24, 2.45) is 5.73 Å². The summed E-state index contributed by atoms with van der Waals surface area (Å²) in [5.41, 5.74) is 6.48. The molecule has 1 amide bonds. The minimum absolute atomic E-state index is 0.184. The highest BCUT2D eigenvalue weighted by Crippen LogP contribution is 2.15. The molecule has 0 bridgehead atoms. The maximum Gasteiger partial charge on any atom is 0.241 e. The van der Waals surface area contributed by atoms with Gasteiger partial charge in [-0.25, -0.2) is 0 Å². The Labute approximate surface area is 107 Å². The number of methoxy groups -OCH3 is 2. The monoisotopic (exact) mass is 252 g/mol. The van der Waals surface area contributed by atoms with E-state index in [-0.39, 0.29) is 5.91 Å². The average Bonchev–Trinajstić information content (AvgIpc) is 2.39. The van der Waals surface area contributed by atoms with Gasteiger partial charge >= 0.3 is 0 Å². The molecule has 1 aromatic rings. The fourth-order valence-electron chi connectivity index (χ4n) is 1.49. The second-order valence-corrected chi connectivity index (χ2v) is 3.96. The molecule has 1 atom stereocenters. The van der Waals surface area contributed by atoms with Gasteiger partial charge in [0.15, 0.2) is 0 Å². The van der Waals surface area contributed by atoms with Crippen LogP contribution in [0, 0.1) is 0 Å². The predicted molar refractivity (Wildman–Crippen MR) is 70.7 cm³/mol. The number of nitrogens with one attached hydrogen (secondary N) is 1. The largest absolute Gasteiger partial charge is 0.497 e. The van der Waals surface area contributed by atoms with E-state index in [2.05, 4.69) is 5.32 Å². The Kier molecular flexibility index (Phi) is 6.18. The topological polar surface area (TPSA) is 73.6 Å². The summed E-state index contributed by atoms with van der Waals surface area (Å²) in [5.74, 6) is 0.564. The molecule has 0 radical (unpaired) electrons. The number of hydrogen-bond donors (Lipinski definition) is 2. The Morgan fingerprint density at radius 2 is 2.00 bits per heavy atom. The number of nitrogens with two attached hydrogens (primary N) is 1. The third-order valence-electron chi connectivity index (χ3n) is 2.56. The molecule has 1 rings (SSSR count). The van der Waals surface area contributed by atoms with Gasteiger partial charge in [-0.05, 0) is 37.1 Å². The molecule has 1 aromatic carbocycles. The second kappa shape index (κ2) is 7.68. The van der Waals surface area contributed by atoms with E-state index in [1.165, 1.54) is 0 Å². The number of benzene rings is 1. The molecule has 0 saturated carbocycles. The molecule has 0 aliphatic carbocycles. The smallest absolute Gasteiger partial charge is 0.241 e. The minimum Gasteiger partial charge on any atom is -0.497 e. The molecule has 5 nitrogen and oxygen atoms in total. The number of ether oxygens (including phenoxy) is 2. The van der Waals surface area contributed by atoms with E-state index in [0.29, 0.717) is 18.7 Å². The van der Waals surface area contributed by atoms with Crippen molar-refractivity contribution in [3.8, 4) is 5.75 Å². The van der Waals surface area contributed by atoms with Gasteiger partial charge in [-0.1, -0.05) is 0 Å². The predicted octanol–water partition coefficient (Wildman–Crippen LogP) is 1.39. The van der Waals surface area contributed by atoms with E-state index in [9.17, 15) is 4.79 Å². The Balaban J connectivity index is 2.42. The molecular formula is C13H20N2O3. The molecule has 3 N–H and O–H groups in total. The summed E-state index contributed by atoms with van der Waals surface area (Å²) in [6, 6.07) is 6.61. The molecule has 18 heavy (non-hydrogen) atoms. The summed E-state index contributed by atoms with van der Waals surface area (Å²) in [6.07, 6.45) is 1.38. The van der Waals surface area contributed by atoms with Crippen LogP contribution in [0.2, 0.25) is 0 Å². The summed E-state index contributed by atoms with van der Waals surface area (Å²) >= 11 is 0. The van der Waals surface area contributed by atoms with Crippen molar-refractivity contribution in [1.82, 2.24) is 0 Å². The normalized spacial score (nSPS) is 11.9. The first-order chi connectivity index (χ1) is 8.67. The van der Waals surface area contributed by atoms with Crippen molar-refractivity contribution >= 4 is 11.6 Å². The van der Waals surface area contributed by atoms with Crippen LogP contribution in [0.1, 0.15) is 12.8 Å². The van der Waals surface area contributed by atoms with Gasteiger partial charge in [0, 0.05) is 19.4 Å². The zero-order chi connectivity index (χ0) is 13.4. The summed E-state index contributed by atoms with van der Waals surface area (Å²) < 4.78 is 9.95. The lowest BCUT2D eigenvalue weighted by atomic mass is 10.1. The first-order valence-corrected chi connectivity index (χ1v) is 5.87. The lowest BCUT2D eigenvalue weighted by Gasteiger charge is -2.12. The van der Waals surface area contributed by atoms with Crippen molar-refractivity contribution in [3.63, 3.8) is 0 Å². The van der Waals surface area contributed by atoms with Crippen molar-refractivity contribution < 1.29 is 14.3 Å². The maximum atomic E-state index is 11.8. The molecule has 0 aliphatic rings. The SMILES string of the molecule is COCCCC(N)C(=O)Nc1ccc(OC)cc1. The third kappa shape index (κ3) is 4.73. The second-order valence-electron chi connectivity index (χ2n) is 3.96. The first kappa shape index (κ1) is 14.5. The number of rotatable bonds is 7. The molecular weight excluding hydrogens is 232 g/mol. The third-order valence-corrected chi connectivity index (χ3v) is 2.56. The highest BCUT2D eigenvalue weighted by atomic mass is 16.5. The lowest BCUT2D eigenvalue weighted by Crippen LogP contribution is -2.35. The number of carbonyl (C=O) groups excluding carboxylic acids is 1. The summed E-state index contributed by atoms with van der Waals surface area (Å²) in [5, 5.41) is 2.76. The van der Waals surface area contributed by atoms with Gasteiger partial charge in [0.25, 0.3) is 0 Å². The van der Waals surface area contributed by atoms with Gasteiger partial charge < -0.3 is 20.5 Å². The van der Waals surface area contributed by atoms with Gasteiger partial charge in [0.2, 0.25) is 5.91 Å². The Morgan fingerprint density at radius 1 is 1.33 bits per heavy atom. The summed E-state index contributed by atoms with van der Waals surface area (Å²) in [7, 11) is 3.22. The van der Waals surface area contributed by atoms with Crippen LogP contribution in [0.5, 0.6) is 5.75 Å². The summed E-state index contributed by atoms with van der Waals surface area (Å²) in [4.78, 5) is 11.8.